The SMILES string of the molecule is CN(CC(=O)Nc1c(Cl)cccc1Cl)C(=O)COc1ccc2c(c1)CCC(=O)N2. The van der Waals surface area contributed by atoms with Crippen LogP contribution in [0.2, 0.25) is 10.0 Å². The normalized spacial score (nSPS) is 12.6. The molecular formula is C20H19Cl2N3O4. The summed E-state index contributed by atoms with van der Waals surface area (Å²) < 4.78 is 5.54. The van der Waals surface area contributed by atoms with E-state index in [1.807, 2.05) is 0 Å². The number of aryl methyl sites for hydroxylation is 1. The van der Waals surface area contributed by atoms with Gasteiger partial charge in [0.05, 0.1) is 22.3 Å². The molecule has 0 aliphatic carbocycles. The van der Waals surface area contributed by atoms with Gasteiger partial charge in [-0.15, -0.1) is 0 Å². The van der Waals surface area contributed by atoms with Crippen molar-refractivity contribution in [2.24, 2.45) is 0 Å². The highest BCUT2D eigenvalue weighted by Gasteiger charge is 2.18. The van der Waals surface area contributed by atoms with Crippen molar-refractivity contribution in [2.45, 2.75) is 12.8 Å². The highest BCUT2D eigenvalue weighted by atomic mass is 35.5. The summed E-state index contributed by atoms with van der Waals surface area (Å²) in [5.74, 6) is -0.287. The van der Waals surface area contributed by atoms with Gasteiger partial charge in [0, 0.05) is 19.2 Å². The quantitative estimate of drug-likeness (QED) is 0.727. The lowest BCUT2D eigenvalue weighted by Crippen LogP contribution is -2.37. The van der Waals surface area contributed by atoms with Crippen LogP contribution in [-0.4, -0.2) is 42.8 Å². The highest BCUT2D eigenvalue weighted by molar-refractivity contribution is 6.39. The zero-order valence-electron chi connectivity index (χ0n) is 15.6. The first-order chi connectivity index (χ1) is 13.8. The second-order valence-electron chi connectivity index (χ2n) is 6.55. The van der Waals surface area contributed by atoms with Crippen LogP contribution in [0, 0.1) is 0 Å². The Morgan fingerprint density at radius 3 is 2.62 bits per heavy atom. The summed E-state index contributed by atoms with van der Waals surface area (Å²) in [6.07, 6.45) is 1.04. The first-order valence-electron chi connectivity index (χ1n) is 8.87. The summed E-state index contributed by atoms with van der Waals surface area (Å²) >= 11 is 12.1. The van der Waals surface area contributed by atoms with Crippen LogP contribution in [0.5, 0.6) is 5.75 Å². The topological polar surface area (TPSA) is 87.7 Å². The number of halogens is 2. The fourth-order valence-electron chi connectivity index (χ4n) is 2.80. The van der Waals surface area contributed by atoms with Crippen molar-refractivity contribution >= 4 is 52.3 Å². The number of ether oxygens (including phenoxy) is 1. The molecule has 9 heteroatoms. The van der Waals surface area contributed by atoms with Gasteiger partial charge < -0.3 is 20.3 Å². The lowest BCUT2D eigenvalue weighted by molar-refractivity contribution is -0.135. The van der Waals surface area contributed by atoms with Gasteiger partial charge in [0.1, 0.15) is 5.75 Å². The van der Waals surface area contributed by atoms with Crippen LogP contribution in [0.4, 0.5) is 11.4 Å². The molecule has 0 spiro atoms. The van der Waals surface area contributed by atoms with Gasteiger partial charge in [-0.1, -0.05) is 29.3 Å². The molecule has 0 aromatic heterocycles. The van der Waals surface area contributed by atoms with Gasteiger partial charge in [0.15, 0.2) is 6.61 Å². The molecule has 0 fully saturated rings. The number of nitrogens with one attached hydrogen (secondary N) is 2. The van der Waals surface area contributed by atoms with Crippen LogP contribution in [0.3, 0.4) is 0 Å². The van der Waals surface area contributed by atoms with Crippen molar-refractivity contribution in [2.75, 3.05) is 30.8 Å². The Balaban J connectivity index is 1.52. The van der Waals surface area contributed by atoms with E-state index in [1.54, 1.807) is 36.4 Å². The lowest BCUT2D eigenvalue weighted by atomic mass is 10.0. The number of rotatable bonds is 6. The van der Waals surface area contributed by atoms with Crippen LogP contribution in [0.15, 0.2) is 36.4 Å². The second-order valence-corrected chi connectivity index (χ2v) is 7.36. The Kier molecular flexibility index (Phi) is 6.61. The molecule has 29 heavy (non-hydrogen) atoms. The van der Waals surface area contributed by atoms with Crippen molar-refractivity contribution in [1.29, 1.82) is 0 Å². The van der Waals surface area contributed by atoms with Gasteiger partial charge in [-0.2, -0.15) is 0 Å². The van der Waals surface area contributed by atoms with E-state index in [9.17, 15) is 14.4 Å². The Morgan fingerprint density at radius 2 is 1.90 bits per heavy atom. The predicted octanol–water partition coefficient (Wildman–Crippen LogP) is 3.35. The van der Waals surface area contributed by atoms with Crippen LogP contribution < -0.4 is 15.4 Å². The first kappa shape index (κ1) is 21.0. The number of carbonyl (C=O) groups is 3. The van der Waals surface area contributed by atoms with E-state index in [0.29, 0.717) is 34.3 Å². The van der Waals surface area contributed by atoms with Gasteiger partial charge >= 0.3 is 0 Å². The summed E-state index contributed by atoms with van der Waals surface area (Å²) in [6, 6.07) is 10.1. The average molecular weight is 436 g/mol. The van der Waals surface area contributed by atoms with E-state index >= 15 is 0 Å². The molecule has 3 amide bonds. The van der Waals surface area contributed by atoms with E-state index in [4.69, 9.17) is 27.9 Å². The largest absolute Gasteiger partial charge is 0.484 e. The van der Waals surface area contributed by atoms with Crippen molar-refractivity contribution in [3.05, 3.63) is 52.0 Å². The van der Waals surface area contributed by atoms with Crippen molar-refractivity contribution < 1.29 is 19.1 Å². The zero-order chi connectivity index (χ0) is 21.0. The van der Waals surface area contributed by atoms with Gasteiger partial charge in [-0.05, 0) is 42.3 Å². The van der Waals surface area contributed by atoms with Crippen LogP contribution in [0.25, 0.3) is 0 Å². The summed E-state index contributed by atoms with van der Waals surface area (Å²) in [6.45, 7) is -0.401. The third kappa shape index (κ3) is 5.40. The van der Waals surface area contributed by atoms with E-state index in [0.717, 1.165) is 11.3 Å². The molecule has 1 aliphatic rings. The molecule has 1 aliphatic heterocycles. The lowest BCUT2D eigenvalue weighted by Gasteiger charge is -2.19. The fourth-order valence-corrected chi connectivity index (χ4v) is 3.30. The number of carbonyl (C=O) groups excluding carboxylic acids is 3. The molecule has 2 aromatic carbocycles. The summed E-state index contributed by atoms with van der Waals surface area (Å²) in [5.41, 5.74) is 2.02. The minimum Gasteiger partial charge on any atom is -0.484 e. The Bertz CT molecular complexity index is 944. The smallest absolute Gasteiger partial charge is 0.260 e. The van der Waals surface area contributed by atoms with Crippen LogP contribution >= 0.6 is 23.2 Å². The molecule has 0 unspecified atom stereocenters. The first-order valence-corrected chi connectivity index (χ1v) is 9.62. The molecule has 0 bridgehead atoms. The molecule has 0 saturated carbocycles. The number of anilines is 2. The van der Waals surface area contributed by atoms with Gasteiger partial charge in [0.25, 0.3) is 5.91 Å². The number of benzene rings is 2. The number of likely N-dealkylation sites (N-methyl/N-ethyl adjacent to an activating group) is 1. The molecule has 0 radical (unpaired) electrons. The minimum atomic E-state index is -0.430. The monoisotopic (exact) mass is 435 g/mol. The molecule has 1 heterocycles. The molecule has 7 nitrogen and oxygen atoms in total. The van der Waals surface area contributed by atoms with Crippen molar-refractivity contribution in [1.82, 2.24) is 4.90 Å². The molecular weight excluding hydrogens is 417 g/mol. The van der Waals surface area contributed by atoms with E-state index in [2.05, 4.69) is 10.6 Å². The predicted molar refractivity (Wildman–Crippen MR) is 112 cm³/mol. The van der Waals surface area contributed by atoms with E-state index < -0.39 is 5.91 Å². The van der Waals surface area contributed by atoms with E-state index in [-0.39, 0.29) is 25.0 Å². The summed E-state index contributed by atoms with van der Waals surface area (Å²) in [4.78, 5) is 37.1. The van der Waals surface area contributed by atoms with Crippen molar-refractivity contribution in [3.63, 3.8) is 0 Å². The van der Waals surface area contributed by atoms with Gasteiger partial charge in [0.2, 0.25) is 11.8 Å². The minimum absolute atomic E-state index is 0.0145. The molecule has 2 aromatic rings. The van der Waals surface area contributed by atoms with Crippen molar-refractivity contribution in [3.8, 4) is 5.75 Å². The average Bonchev–Trinajstić information content (AvgIpc) is 2.69. The van der Waals surface area contributed by atoms with Crippen LogP contribution in [0.1, 0.15) is 12.0 Å². The Hall–Kier alpha value is -2.77. The molecule has 0 atom stereocenters. The molecule has 2 N–H and O–H groups in total. The standard InChI is InChI=1S/C20H19Cl2N3O4/c1-25(10-18(27)24-20-14(21)3-2-4-15(20)22)19(28)11-29-13-6-7-16-12(9-13)5-8-17(26)23-16/h2-4,6-7,9H,5,8,10-11H2,1H3,(H,23,26)(H,24,27). The van der Waals surface area contributed by atoms with Gasteiger partial charge in [-0.3, -0.25) is 14.4 Å². The maximum atomic E-state index is 12.3. The number of para-hydroxylation sites is 1. The van der Waals surface area contributed by atoms with Crippen LogP contribution in [-0.2, 0) is 20.8 Å². The molecule has 3 rings (SSSR count). The number of nitrogens with zero attached hydrogens (tertiary/aromatic N) is 1. The third-order valence-electron chi connectivity index (χ3n) is 4.37. The zero-order valence-corrected chi connectivity index (χ0v) is 17.1. The van der Waals surface area contributed by atoms with Gasteiger partial charge in [-0.25, -0.2) is 0 Å². The highest BCUT2D eigenvalue weighted by Crippen LogP contribution is 2.30. The number of hydrogen-bond acceptors (Lipinski definition) is 4. The summed E-state index contributed by atoms with van der Waals surface area (Å²) in [5, 5.41) is 6.01. The Labute approximate surface area is 177 Å². The maximum Gasteiger partial charge on any atom is 0.260 e. The van der Waals surface area contributed by atoms with E-state index in [1.165, 1.54) is 11.9 Å². The summed E-state index contributed by atoms with van der Waals surface area (Å²) in [7, 11) is 1.50. The number of amides is 3. The molecule has 0 saturated heterocycles. The maximum absolute atomic E-state index is 12.3. The number of fused-ring (bicyclic) bond motifs is 1. The fraction of sp³-hybridized carbons (Fsp3) is 0.250. The molecule has 152 valence electrons. The third-order valence-corrected chi connectivity index (χ3v) is 5.00. The second kappa shape index (κ2) is 9.15. The number of hydrogen-bond donors (Lipinski definition) is 2. The Morgan fingerprint density at radius 1 is 1.17 bits per heavy atom.